The molecule has 1 aromatic rings. The zero-order valence-corrected chi connectivity index (χ0v) is 10.6. The zero-order chi connectivity index (χ0) is 12.1. The van der Waals surface area contributed by atoms with Crippen LogP contribution in [0.3, 0.4) is 0 Å². The molecule has 0 atom stereocenters. The molecule has 0 saturated carbocycles. The van der Waals surface area contributed by atoms with Crippen molar-refractivity contribution < 1.29 is 9.53 Å². The Bertz CT molecular complexity index is 376. The third kappa shape index (κ3) is 3.64. The molecule has 1 aliphatic rings. The highest BCUT2D eigenvalue weighted by molar-refractivity contribution is 7.11. The molecular formula is C10H16N4O2S. The van der Waals surface area contributed by atoms with Crippen molar-refractivity contribution in [3.05, 3.63) is 10.0 Å². The Morgan fingerprint density at radius 3 is 2.82 bits per heavy atom. The lowest BCUT2D eigenvalue weighted by Gasteiger charge is -2.10. The number of ether oxygens (including phenoxy) is 1. The summed E-state index contributed by atoms with van der Waals surface area (Å²) in [5.41, 5.74) is 0. The lowest BCUT2D eigenvalue weighted by molar-refractivity contribution is 0.170. The van der Waals surface area contributed by atoms with Crippen LogP contribution in [0.25, 0.3) is 0 Å². The highest BCUT2D eigenvalue weighted by Gasteiger charge is 2.14. The van der Waals surface area contributed by atoms with E-state index in [2.05, 4.69) is 25.2 Å². The smallest absolute Gasteiger partial charge is 0.407 e. The van der Waals surface area contributed by atoms with Gasteiger partial charge in [-0.1, -0.05) is 11.3 Å². The van der Waals surface area contributed by atoms with Crippen molar-refractivity contribution in [1.29, 1.82) is 0 Å². The van der Waals surface area contributed by atoms with Crippen LogP contribution in [0.2, 0.25) is 0 Å². The number of methoxy groups -OCH3 is 1. The van der Waals surface area contributed by atoms with Crippen LogP contribution in [0.1, 0.15) is 22.9 Å². The standard InChI is InChI=1S/C10H16N4O2S/c1-16-10(15)11-6-8-12-13-9(17-8)7-14-4-2-3-5-14/h2-7H2,1H3,(H,11,15). The summed E-state index contributed by atoms with van der Waals surface area (Å²) < 4.78 is 4.48. The number of hydrogen-bond acceptors (Lipinski definition) is 6. The first-order valence-electron chi connectivity index (χ1n) is 5.63. The summed E-state index contributed by atoms with van der Waals surface area (Å²) >= 11 is 1.54. The molecule has 0 aromatic carbocycles. The molecule has 0 spiro atoms. The molecule has 0 bridgehead atoms. The molecule has 1 saturated heterocycles. The van der Waals surface area contributed by atoms with Gasteiger partial charge >= 0.3 is 6.09 Å². The minimum atomic E-state index is -0.443. The normalized spacial score (nSPS) is 16.1. The topological polar surface area (TPSA) is 67.3 Å². The zero-order valence-electron chi connectivity index (χ0n) is 9.81. The average molecular weight is 256 g/mol. The summed E-state index contributed by atoms with van der Waals surface area (Å²) in [5, 5.41) is 12.6. The van der Waals surface area contributed by atoms with Gasteiger partial charge in [0.2, 0.25) is 0 Å². The van der Waals surface area contributed by atoms with Crippen LogP contribution in [-0.4, -0.2) is 41.4 Å². The maximum Gasteiger partial charge on any atom is 0.407 e. The van der Waals surface area contributed by atoms with Gasteiger partial charge in [-0.05, 0) is 25.9 Å². The lowest BCUT2D eigenvalue weighted by Crippen LogP contribution is -2.22. The molecule has 94 valence electrons. The van der Waals surface area contributed by atoms with Crippen molar-refractivity contribution in [1.82, 2.24) is 20.4 Å². The molecule has 17 heavy (non-hydrogen) atoms. The number of nitrogens with one attached hydrogen (secondary N) is 1. The van der Waals surface area contributed by atoms with E-state index in [1.165, 1.54) is 31.3 Å². The number of likely N-dealkylation sites (tertiary alicyclic amines) is 1. The first kappa shape index (κ1) is 12.3. The Morgan fingerprint density at radius 2 is 2.12 bits per heavy atom. The van der Waals surface area contributed by atoms with Crippen molar-refractivity contribution in [2.24, 2.45) is 0 Å². The number of carbonyl (C=O) groups is 1. The van der Waals surface area contributed by atoms with E-state index in [4.69, 9.17) is 0 Å². The number of alkyl carbamates (subject to hydrolysis) is 1. The fourth-order valence-electron chi connectivity index (χ4n) is 1.78. The molecule has 6 nitrogen and oxygen atoms in total. The van der Waals surface area contributed by atoms with Gasteiger partial charge in [-0.25, -0.2) is 4.79 Å². The maximum absolute atomic E-state index is 10.9. The second kappa shape index (κ2) is 5.92. The van der Waals surface area contributed by atoms with Gasteiger partial charge in [0.05, 0.1) is 20.2 Å². The highest BCUT2D eigenvalue weighted by Crippen LogP contribution is 2.15. The molecule has 7 heteroatoms. The van der Waals surface area contributed by atoms with Gasteiger partial charge in [-0.3, -0.25) is 4.90 Å². The summed E-state index contributed by atoms with van der Waals surface area (Å²) in [6.45, 7) is 3.55. The first-order chi connectivity index (χ1) is 8.28. The minimum absolute atomic E-state index is 0.379. The molecule has 0 aliphatic carbocycles. The number of nitrogens with zero attached hydrogens (tertiary/aromatic N) is 3. The average Bonchev–Trinajstić information content (AvgIpc) is 2.98. The predicted octanol–water partition coefficient (Wildman–Crippen LogP) is 0.990. The van der Waals surface area contributed by atoms with E-state index in [1.54, 1.807) is 0 Å². The van der Waals surface area contributed by atoms with Crippen LogP contribution in [0, 0.1) is 0 Å². The van der Waals surface area contributed by atoms with Crippen molar-refractivity contribution in [3.8, 4) is 0 Å². The second-order valence-electron chi connectivity index (χ2n) is 3.92. The van der Waals surface area contributed by atoms with Crippen LogP contribution < -0.4 is 5.32 Å². The monoisotopic (exact) mass is 256 g/mol. The van der Waals surface area contributed by atoms with Crippen molar-refractivity contribution >= 4 is 17.4 Å². The van der Waals surface area contributed by atoms with Gasteiger partial charge < -0.3 is 10.1 Å². The van der Waals surface area contributed by atoms with Crippen molar-refractivity contribution in [2.75, 3.05) is 20.2 Å². The molecule has 0 unspecified atom stereocenters. The summed E-state index contributed by atoms with van der Waals surface area (Å²) in [5.74, 6) is 0. The predicted molar refractivity (Wildman–Crippen MR) is 63.7 cm³/mol. The number of rotatable bonds is 4. The maximum atomic E-state index is 10.9. The Morgan fingerprint density at radius 1 is 1.41 bits per heavy atom. The number of carbonyl (C=O) groups excluding carboxylic acids is 1. The molecule has 1 aromatic heterocycles. The van der Waals surface area contributed by atoms with Gasteiger partial charge in [0.15, 0.2) is 0 Å². The molecule has 1 N–H and O–H groups in total. The van der Waals surface area contributed by atoms with Gasteiger partial charge in [0.1, 0.15) is 10.0 Å². The van der Waals surface area contributed by atoms with E-state index in [9.17, 15) is 4.79 Å². The molecule has 2 rings (SSSR count). The van der Waals surface area contributed by atoms with Crippen LogP contribution in [0.5, 0.6) is 0 Å². The van der Waals surface area contributed by atoms with Gasteiger partial charge in [0, 0.05) is 0 Å². The Kier molecular flexibility index (Phi) is 4.27. The molecule has 0 radical (unpaired) electrons. The van der Waals surface area contributed by atoms with Gasteiger partial charge in [-0.2, -0.15) is 0 Å². The van der Waals surface area contributed by atoms with Crippen LogP contribution >= 0.6 is 11.3 Å². The van der Waals surface area contributed by atoms with Crippen LogP contribution in [-0.2, 0) is 17.8 Å². The summed E-state index contributed by atoms with van der Waals surface area (Å²) in [7, 11) is 1.34. The van der Waals surface area contributed by atoms with Crippen molar-refractivity contribution in [3.63, 3.8) is 0 Å². The van der Waals surface area contributed by atoms with E-state index in [1.807, 2.05) is 0 Å². The van der Waals surface area contributed by atoms with Gasteiger partial charge in [0.25, 0.3) is 0 Å². The fourth-order valence-corrected chi connectivity index (χ4v) is 2.60. The largest absolute Gasteiger partial charge is 0.453 e. The number of hydrogen-bond donors (Lipinski definition) is 1. The summed E-state index contributed by atoms with van der Waals surface area (Å²) in [6, 6.07) is 0. The quantitative estimate of drug-likeness (QED) is 0.870. The van der Waals surface area contributed by atoms with E-state index >= 15 is 0 Å². The fraction of sp³-hybridized carbons (Fsp3) is 0.700. The number of aromatic nitrogens is 2. The third-order valence-electron chi connectivity index (χ3n) is 2.64. The number of amides is 1. The van der Waals surface area contributed by atoms with E-state index < -0.39 is 6.09 Å². The van der Waals surface area contributed by atoms with E-state index in [-0.39, 0.29) is 0 Å². The van der Waals surface area contributed by atoms with Gasteiger partial charge in [-0.15, -0.1) is 10.2 Å². The molecule has 2 heterocycles. The third-order valence-corrected chi connectivity index (χ3v) is 3.54. The molecule has 1 fully saturated rings. The van der Waals surface area contributed by atoms with Crippen molar-refractivity contribution in [2.45, 2.75) is 25.9 Å². The molecule has 1 aliphatic heterocycles. The second-order valence-corrected chi connectivity index (χ2v) is 5.06. The Hall–Kier alpha value is -1.21. The van der Waals surface area contributed by atoms with Crippen LogP contribution in [0.15, 0.2) is 0 Å². The summed E-state index contributed by atoms with van der Waals surface area (Å²) in [4.78, 5) is 13.3. The SMILES string of the molecule is COC(=O)NCc1nnc(CN2CCCC2)s1. The Balaban J connectivity index is 1.80. The van der Waals surface area contributed by atoms with E-state index in [0.29, 0.717) is 6.54 Å². The highest BCUT2D eigenvalue weighted by atomic mass is 32.1. The first-order valence-corrected chi connectivity index (χ1v) is 6.45. The molecular weight excluding hydrogens is 240 g/mol. The summed E-state index contributed by atoms with van der Waals surface area (Å²) in [6.07, 6.45) is 2.10. The van der Waals surface area contributed by atoms with Crippen LogP contribution in [0.4, 0.5) is 4.79 Å². The minimum Gasteiger partial charge on any atom is -0.453 e. The Labute approximate surface area is 104 Å². The molecule has 1 amide bonds. The lowest BCUT2D eigenvalue weighted by atomic mass is 10.4. The van der Waals surface area contributed by atoms with E-state index in [0.717, 1.165) is 29.6 Å².